The molecule has 22 heavy (non-hydrogen) atoms. The first kappa shape index (κ1) is 21.9. The van der Waals surface area contributed by atoms with E-state index < -0.39 is 0 Å². The normalized spacial score (nSPS) is 26.2. The van der Waals surface area contributed by atoms with Crippen molar-refractivity contribution >= 4 is 0 Å². The van der Waals surface area contributed by atoms with Crippen LogP contribution in [0.5, 0.6) is 0 Å². The van der Waals surface area contributed by atoms with Gasteiger partial charge in [0.1, 0.15) is 11.7 Å². The predicted molar refractivity (Wildman–Crippen MR) is 91.7 cm³/mol. The Labute approximate surface area is 147 Å². The van der Waals surface area contributed by atoms with Crippen LogP contribution in [0, 0.1) is 0 Å². The molecule has 1 aliphatic heterocycles. The van der Waals surface area contributed by atoms with Gasteiger partial charge < -0.3 is 15.4 Å². The second kappa shape index (κ2) is 8.12. The maximum absolute atomic E-state index is 5.42. The number of fused-ring (bicyclic) bond motifs is 1. The van der Waals surface area contributed by atoms with Crippen molar-refractivity contribution in [3.8, 4) is 0 Å². The minimum atomic E-state index is 0. The zero-order chi connectivity index (χ0) is 16.3. The van der Waals surface area contributed by atoms with Crippen molar-refractivity contribution in [1.82, 2.24) is 10.6 Å². The van der Waals surface area contributed by atoms with Crippen LogP contribution in [0.4, 0.5) is 0 Å². The molecule has 1 saturated heterocycles. The molecule has 2 unspecified atom stereocenters. The molecule has 1 aliphatic carbocycles. The molecule has 0 bridgehead atoms. The molecule has 1 heterocycles. The van der Waals surface area contributed by atoms with E-state index in [0.29, 0.717) is 6.10 Å². The van der Waals surface area contributed by atoms with Crippen molar-refractivity contribution < 1.29 is 21.8 Å². The van der Waals surface area contributed by atoms with E-state index in [4.69, 9.17) is 4.74 Å². The number of nitrogens with one attached hydrogen (secondary N) is 2. The summed E-state index contributed by atoms with van der Waals surface area (Å²) >= 11 is 0. The Morgan fingerprint density at radius 3 is 1.82 bits per heavy atom. The van der Waals surface area contributed by atoms with Crippen molar-refractivity contribution in [2.24, 2.45) is 0 Å². The van der Waals surface area contributed by atoms with Gasteiger partial charge in [0.25, 0.3) is 0 Å². The molecule has 133 valence electrons. The summed E-state index contributed by atoms with van der Waals surface area (Å²) in [6.07, 6.45) is 6.69. The zero-order valence-corrected chi connectivity index (χ0v) is 16.4. The Kier molecular flexibility index (Phi) is 8.07. The summed E-state index contributed by atoms with van der Waals surface area (Å²) in [6.45, 7) is 19.4. The predicted octanol–water partition coefficient (Wildman–Crippen LogP) is 3.42. The first-order chi connectivity index (χ1) is 9.43. The fraction of sp³-hybridized carbons (Fsp3) is 0.778. The summed E-state index contributed by atoms with van der Waals surface area (Å²) < 4.78 is 5.42. The van der Waals surface area contributed by atoms with Crippen molar-refractivity contribution in [3.63, 3.8) is 0 Å². The molecule has 1 fully saturated rings. The smallest absolute Gasteiger partial charge is 0.115 e. The van der Waals surface area contributed by atoms with Crippen LogP contribution in [0.3, 0.4) is 0 Å². The van der Waals surface area contributed by atoms with Crippen LogP contribution < -0.4 is 10.6 Å². The van der Waals surface area contributed by atoms with Gasteiger partial charge >= 0.3 is 0 Å². The second-order valence-corrected chi connectivity index (χ2v) is 8.31. The first-order valence-corrected chi connectivity index (χ1v) is 7.97. The molecular weight excluding hydrogens is 324 g/mol. The van der Waals surface area contributed by atoms with Gasteiger partial charge in [-0.2, -0.15) is 0 Å². The summed E-state index contributed by atoms with van der Waals surface area (Å²) in [4.78, 5) is 0. The van der Waals surface area contributed by atoms with Gasteiger partial charge in [-0.1, -0.05) is 18.2 Å². The van der Waals surface area contributed by atoms with E-state index in [1.54, 1.807) is 0 Å². The number of allylic oxidation sites excluding steroid dienone is 2. The molecule has 1 radical (unpaired) electrons. The van der Waals surface area contributed by atoms with Crippen molar-refractivity contribution in [3.05, 3.63) is 23.8 Å². The van der Waals surface area contributed by atoms with Gasteiger partial charge in [0.05, 0.1) is 0 Å². The van der Waals surface area contributed by atoms with Gasteiger partial charge in [-0.25, -0.2) is 0 Å². The summed E-state index contributed by atoms with van der Waals surface area (Å²) in [6, 6.07) is 0. The Hall–Kier alpha value is -0.121. The fourth-order valence-electron chi connectivity index (χ4n) is 2.24. The van der Waals surface area contributed by atoms with Crippen molar-refractivity contribution in [2.75, 3.05) is 13.1 Å². The average molecular weight is 358 g/mol. The third-order valence-corrected chi connectivity index (χ3v) is 3.47. The SMILES string of the molecule is CC(C)(C)NCCNC(C)(C)C.CC1=CC=CC2(C)OC12.[Cu]. The third-order valence-electron chi connectivity index (χ3n) is 3.47. The quantitative estimate of drug-likeness (QED) is 0.461. The Bertz CT molecular complexity index is 388. The molecule has 0 aromatic heterocycles. The van der Waals surface area contributed by atoms with Crippen LogP contribution in [0.2, 0.25) is 0 Å². The molecule has 0 saturated carbocycles. The van der Waals surface area contributed by atoms with Crippen LogP contribution in [0.1, 0.15) is 55.4 Å². The summed E-state index contributed by atoms with van der Waals surface area (Å²) in [5.41, 5.74) is 1.89. The summed E-state index contributed by atoms with van der Waals surface area (Å²) in [5, 5.41) is 6.86. The molecule has 0 aromatic rings. The van der Waals surface area contributed by atoms with Crippen LogP contribution in [-0.4, -0.2) is 35.9 Å². The minimum Gasteiger partial charge on any atom is -0.357 e. The number of epoxide rings is 1. The van der Waals surface area contributed by atoms with Crippen molar-refractivity contribution in [2.45, 2.75) is 78.2 Å². The van der Waals surface area contributed by atoms with Gasteiger partial charge in [0.2, 0.25) is 0 Å². The first-order valence-electron chi connectivity index (χ1n) is 7.97. The molecule has 0 spiro atoms. The van der Waals surface area contributed by atoms with E-state index in [0.717, 1.165) is 13.1 Å². The third kappa shape index (κ3) is 8.50. The Morgan fingerprint density at radius 2 is 1.50 bits per heavy atom. The van der Waals surface area contributed by atoms with E-state index >= 15 is 0 Å². The van der Waals surface area contributed by atoms with Gasteiger partial charge in [0.15, 0.2) is 0 Å². The van der Waals surface area contributed by atoms with Gasteiger partial charge in [-0.15, -0.1) is 0 Å². The summed E-state index contributed by atoms with van der Waals surface area (Å²) in [5.74, 6) is 0. The molecule has 0 aromatic carbocycles. The molecule has 0 amide bonds. The molecule has 3 nitrogen and oxygen atoms in total. The molecular formula is C18H34CuN2O. The largest absolute Gasteiger partial charge is 0.357 e. The van der Waals surface area contributed by atoms with E-state index in [1.807, 2.05) is 0 Å². The van der Waals surface area contributed by atoms with Crippen LogP contribution in [-0.2, 0) is 21.8 Å². The Morgan fingerprint density at radius 1 is 1.05 bits per heavy atom. The van der Waals surface area contributed by atoms with Crippen molar-refractivity contribution in [1.29, 1.82) is 0 Å². The van der Waals surface area contributed by atoms with Gasteiger partial charge in [-0.3, -0.25) is 0 Å². The zero-order valence-electron chi connectivity index (χ0n) is 15.4. The Balaban J connectivity index is 0.000000393. The monoisotopic (exact) mass is 357 g/mol. The number of rotatable bonds is 3. The van der Waals surface area contributed by atoms with Gasteiger partial charge in [-0.05, 0) is 61.0 Å². The molecule has 2 aliphatic rings. The number of hydrogen-bond acceptors (Lipinski definition) is 3. The van der Waals surface area contributed by atoms with Crippen LogP contribution in [0.25, 0.3) is 0 Å². The molecule has 4 heteroatoms. The number of ether oxygens (including phenoxy) is 1. The van der Waals surface area contributed by atoms with Gasteiger partial charge in [0, 0.05) is 41.2 Å². The minimum absolute atomic E-state index is 0. The summed E-state index contributed by atoms with van der Waals surface area (Å²) in [7, 11) is 0. The maximum atomic E-state index is 5.42. The topological polar surface area (TPSA) is 36.6 Å². The van der Waals surface area contributed by atoms with E-state index in [-0.39, 0.29) is 33.7 Å². The fourth-order valence-corrected chi connectivity index (χ4v) is 2.24. The van der Waals surface area contributed by atoms with E-state index in [2.05, 4.69) is 84.3 Å². The maximum Gasteiger partial charge on any atom is 0.115 e. The van der Waals surface area contributed by atoms with E-state index in [9.17, 15) is 0 Å². The van der Waals surface area contributed by atoms with Crippen LogP contribution >= 0.6 is 0 Å². The average Bonchev–Trinajstić information content (AvgIpc) is 2.97. The second-order valence-electron chi connectivity index (χ2n) is 8.31. The standard InChI is InChI=1S/C10H24N2.C8H10O.Cu/c1-9(2,3)11-7-8-12-10(4,5)6;1-6-4-3-5-8(2)7(6)9-8;/h11-12H,7-8H2,1-6H3;3-5,7H,1-2H3;. The molecule has 2 rings (SSSR count). The number of hydrogen-bond donors (Lipinski definition) is 2. The van der Waals surface area contributed by atoms with E-state index in [1.165, 1.54) is 5.57 Å². The molecule has 2 N–H and O–H groups in total. The van der Waals surface area contributed by atoms with Crippen LogP contribution in [0.15, 0.2) is 23.8 Å². The molecule has 2 atom stereocenters.